The standard InChI is InChI=1S/C22H24O2/c1-22(2,3)18-13-17(19(23)14-20(18)24)21(16-11-7-8-12-16)15-9-5-4-6-10-15/h4-14,16,21,23-24H,1-3H3. The van der Waals surface area contributed by atoms with E-state index in [1.54, 1.807) is 0 Å². The van der Waals surface area contributed by atoms with Gasteiger partial charge in [-0.05, 0) is 22.6 Å². The molecule has 1 unspecified atom stereocenters. The van der Waals surface area contributed by atoms with Crippen molar-refractivity contribution in [2.45, 2.75) is 32.1 Å². The minimum Gasteiger partial charge on any atom is -0.508 e. The molecule has 24 heavy (non-hydrogen) atoms. The summed E-state index contributed by atoms with van der Waals surface area (Å²) in [5, 5.41) is 20.8. The second kappa shape index (κ2) is 6.20. The SMILES string of the molecule is CC(C)(C)c1cc(C(c2ccccc2)C2C=CC=C2)c(O)cc1O. The van der Waals surface area contributed by atoms with Gasteiger partial charge < -0.3 is 10.2 Å². The lowest BCUT2D eigenvalue weighted by Crippen LogP contribution is -2.15. The third kappa shape index (κ3) is 3.09. The summed E-state index contributed by atoms with van der Waals surface area (Å²) >= 11 is 0. The van der Waals surface area contributed by atoms with Crippen LogP contribution >= 0.6 is 0 Å². The van der Waals surface area contributed by atoms with Crippen LogP contribution in [-0.2, 0) is 5.41 Å². The molecule has 0 heterocycles. The van der Waals surface area contributed by atoms with Crippen LogP contribution in [-0.4, -0.2) is 10.2 Å². The van der Waals surface area contributed by atoms with E-state index in [1.807, 2.05) is 36.4 Å². The number of hydrogen-bond donors (Lipinski definition) is 2. The third-order valence-corrected chi connectivity index (χ3v) is 4.61. The van der Waals surface area contributed by atoms with Crippen molar-refractivity contribution >= 4 is 0 Å². The summed E-state index contributed by atoms with van der Waals surface area (Å²) in [6.07, 6.45) is 8.40. The zero-order valence-electron chi connectivity index (χ0n) is 14.4. The van der Waals surface area contributed by atoms with Crippen LogP contribution < -0.4 is 0 Å². The predicted molar refractivity (Wildman–Crippen MR) is 98.5 cm³/mol. The van der Waals surface area contributed by atoms with Gasteiger partial charge in [0.2, 0.25) is 0 Å². The minimum absolute atomic E-state index is 0.0166. The van der Waals surface area contributed by atoms with E-state index >= 15 is 0 Å². The van der Waals surface area contributed by atoms with Crippen LogP contribution in [0, 0.1) is 5.92 Å². The highest BCUT2D eigenvalue weighted by Gasteiger charge is 2.28. The van der Waals surface area contributed by atoms with Crippen LogP contribution in [0.15, 0.2) is 66.8 Å². The Morgan fingerprint density at radius 3 is 2.08 bits per heavy atom. The van der Waals surface area contributed by atoms with Crippen molar-refractivity contribution < 1.29 is 10.2 Å². The molecule has 2 heteroatoms. The van der Waals surface area contributed by atoms with Crippen LogP contribution in [0.3, 0.4) is 0 Å². The lowest BCUT2D eigenvalue weighted by molar-refractivity contribution is 0.425. The quantitative estimate of drug-likeness (QED) is 0.809. The number of aromatic hydroxyl groups is 2. The van der Waals surface area contributed by atoms with E-state index in [1.165, 1.54) is 6.07 Å². The normalized spacial score (nSPS) is 15.8. The summed E-state index contributed by atoms with van der Waals surface area (Å²) in [7, 11) is 0. The molecule has 124 valence electrons. The molecular formula is C22H24O2. The van der Waals surface area contributed by atoms with E-state index in [-0.39, 0.29) is 28.7 Å². The van der Waals surface area contributed by atoms with E-state index in [0.717, 1.165) is 16.7 Å². The molecule has 0 aromatic heterocycles. The number of hydrogen-bond acceptors (Lipinski definition) is 2. The fourth-order valence-corrected chi connectivity index (χ4v) is 3.38. The molecule has 0 spiro atoms. The van der Waals surface area contributed by atoms with E-state index in [0.29, 0.717) is 0 Å². The van der Waals surface area contributed by atoms with Crippen molar-refractivity contribution in [1.82, 2.24) is 0 Å². The second-order valence-corrected chi connectivity index (χ2v) is 7.41. The maximum atomic E-state index is 10.6. The molecule has 1 aliphatic carbocycles. The highest BCUT2D eigenvalue weighted by molar-refractivity contribution is 5.53. The van der Waals surface area contributed by atoms with Gasteiger partial charge >= 0.3 is 0 Å². The predicted octanol–water partition coefficient (Wildman–Crippen LogP) is 5.27. The van der Waals surface area contributed by atoms with Crippen LogP contribution in [0.5, 0.6) is 11.5 Å². The number of allylic oxidation sites excluding steroid dienone is 4. The molecule has 2 N–H and O–H groups in total. The van der Waals surface area contributed by atoms with Crippen molar-refractivity contribution in [1.29, 1.82) is 0 Å². The van der Waals surface area contributed by atoms with Crippen LogP contribution in [0.2, 0.25) is 0 Å². The molecule has 2 aromatic rings. The Morgan fingerprint density at radius 2 is 1.50 bits per heavy atom. The lowest BCUT2D eigenvalue weighted by Gasteiger charge is -2.27. The fourth-order valence-electron chi connectivity index (χ4n) is 3.38. The number of phenolic OH excluding ortho intramolecular Hbond substituents is 2. The molecule has 0 bridgehead atoms. The summed E-state index contributed by atoms with van der Waals surface area (Å²) in [6, 6.07) is 13.7. The van der Waals surface area contributed by atoms with Gasteiger partial charge in [0, 0.05) is 23.5 Å². The number of benzene rings is 2. The monoisotopic (exact) mass is 320 g/mol. The largest absolute Gasteiger partial charge is 0.508 e. The highest BCUT2D eigenvalue weighted by atomic mass is 16.3. The zero-order chi connectivity index (χ0) is 17.3. The zero-order valence-corrected chi connectivity index (χ0v) is 14.4. The average molecular weight is 320 g/mol. The van der Waals surface area contributed by atoms with Crippen LogP contribution in [0.1, 0.15) is 43.4 Å². The van der Waals surface area contributed by atoms with E-state index in [2.05, 4.69) is 45.1 Å². The first-order valence-corrected chi connectivity index (χ1v) is 8.34. The summed E-state index contributed by atoms with van der Waals surface area (Å²) in [5.41, 5.74) is 2.65. The molecule has 2 aromatic carbocycles. The van der Waals surface area contributed by atoms with Gasteiger partial charge in [-0.25, -0.2) is 0 Å². The van der Waals surface area contributed by atoms with Gasteiger partial charge in [0.05, 0.1) is 0 Å². The molecule has 3 rings (SSSR count). The Kier molecular flexibility index (Phi) is 4.23. The lowest BCUT2D eigenvalue weighted by atomic mass is 9.77. The number of phenols is 2. The molecule has 0 radical (unpaired) electrons. The minimum atomic E-state index is -0.199. The first-order valence-electron chi connectivity index (χ1n) is 8.34. The van der Waals surface area contributed by atoms with Crippen LogP contribution in [0.25, 0.3) is 0 Å². The van der Waals surface area contributed by atoms with Crippen molar-refractivity contribution in [3.63, 3.8) is 0 Å². The van der Waals surface area contributed by atoms with Crippen molar-refractivity contribution in [3.8, 4) is 11.5 Å². The Labute approximate surface area is 143 Å². The molecule has 0 saturated carbocycles. The number of rotatable bonds is 3. The van der Waals surface area contributed by atoms with Gasteiger partial charge in [-0.15, -0.1) is 0 Å². The van der Waals surface area contributed by atoms with Crippen molar-refractivity contribution in [3.05, 3.63) is 83.5 Å². The summed E-state index contributed by atoms with van der Waals surface area (Å²) in [6.45, 7) is 6.20. The molecule has 2 nitrogen and oxygen atoms in total. The Hall–Kier alpha value is -2.48. The molecule has 0 saturated heterocycles. The smallest absolute Gasteiger partial charge is 0.123 e. The van der Waals surface area contributed by atoms with E-state index < -0.39 is 0 Å². The van der Waals surface area contributed by atoms with Gasteiger partial charge in [0.1, 0.15) is 11.5 Å². The highest BCUT2D eigenvalue weighted by Crippen LogP contribution is 2.44. The van der Waals surface area contributed by atoms with Crippen molar-refractivity contribution in [2.24, 2.45) is 5.92 Å². The molecule has 0 fully saturated rings. The van der Waals surface area contributed by atoms with Gasteiger partial charge in [-0.3, -0.25) is 0 Å². The Bertz CT molecular complexity index is 768. The Balaban J connectivity index is 2.18. The van der Waals surface area contributed by atoms with Gasteiger partial charge in [0.15, 0.2) is 0 Å². The molecule has 0 aliphatic heterocycles. The maximum absolute atomic E-state index is 10.6. The van der Waals surface area contributed by atoms with Gasteiger partial charge in [-0.2, -0.15) is 0 Å². The first kappa shape index (κ1) is 16.4. The summed E-state index contributed by atoms with van der Waals surface area (Å²) in [5.74, 6) is 0.495. The topological polar surface area (TPSA) is 40.5 Å². The van der Waals surface area contributed by atoms with E-state index in [4.69, 9.17) is 0 Å². The van der Waals surface area contributed by atoms with E-state index in [9.17, 15) is 10.2 Å². The van der Waals surface area contributed by atoms with Crippen LogP contribution in [0.4, 0.5) is 0 Å². The maximum Gasteiger partial charge on any atom is 0.123 e. The Morgan fingerprint density at radius 1 is 0.875 bits per heavy atom. The van der Waals surface area contributed by atoms with Gasteiger partial charge in [-0.1, -0.05) is 75.4 Å². The molecule has 1 aliphatic rings. The van der Waals surface area contributed by atoms with Gasteiger partial charge in [0.25, 0.3) is 0 Å². The third-order valence-electron chi connectivity index (χ3n) is 4.61. The molecule has 1 atom stereocenters. The second-order valence-electron chi connectivity index (χ2n) is 7.41. The average Bonchev–Trinajstić information content (AvgIpc) is 3.03. The molecular weight excluding hydrogens is 296 g/mol. The first-order chi connectivity index (χ1) is 11.4. The van der Waals surface area contributed by atoms with Crippen molar-refractivity contribution in [2.75, 3.05) is 0 Å². The fraction of sp³-hybridized carbons (Fsp3) is 0.273. The summed E-state index contributed by atoms with van der Waals surface area (Å²) in [4.78, 5) is 0. The summed E-state index contributed by atoms with van der Waals surface area (Å²) < 4.78 is 0. The molecule has 0 amide bonds.